The molecule has 0 aromatic carbocycles. The van der Waals surface area contributed by atoms with E-state index in [9.17, 15) is 8.42 Å². The maximum atomic E-state index is 12.3. The predicted molar refractivity (Wildman–Crippen MR) is 82.3 cm³/mol. The summed E-state index contributed by atoms with van der Waals surface area (Å²) >= 11 is 0. The quantitative estimate of drug-likeness (QED) is 0.735. The monoisotopic (exact) mass is 299 g/mol. The molecule has 0 saturated heterocycles. The molecule has 0 aliphatic rings. The van der Waals surface area contributed by atoms with Gasteiger partial charge in [0.05, 0.1) is 5.69 Å². The first kappa shape index (κ1) is 16.9. The van der Waals surface area contributed by atoms with Crippen LogP contribution in [0.25, 0.3) is 0 Å². The highest BCUT2D eigenvalue weighted by atomic mass is 32.2. The zero-order chi connectivity index (χ0) is 15.0. The fraction of sp³-hybridized carbons (Fsp3) is 0.643. The molecule has 1 atom stereocenters. The summed E-state index contributed by atoms with van der Waals surface area (Å²) in [7, 11) is -1.81. The van der Waals surface area contributed by atoms with E-state index in [1.165, 1.54) is 6.20 Å². The molecule has 1 aromatic heterocycles. The van der Waals surface area contributed by atoms with Crippen LogP contribution in [0.5, 0.6) is 0 Å². The molecule has 20 heavy (non-hydrogen) atoms. The number of hydrogen-bond acceptors (Lipinski definition) is 4. The zero-order valence-electron chi connectivity index (χ0n) is 12.5. The van der Waals surface area contributed by atoms with E-state index in [1.54, 1.807) is 19.3 Å². The van der Waals surface area contributed by atoms with Gasteiger partial charge in [-0.2, -0.15) is 0 Å². The normalized spacial score (nSPS) is 13.2. The zero-order valence-corrected chi connectivity index (χ0v) is 13.3. The van der Waals surface area contributed by atoms with Crippen molar-refractivity contribution in [1.29, 1.82) is 0 Å². The molecule has 1 rings (SSSR count). The van der Waals surface area contributed by atoms with Crippen molar-refractivity contribution in [3.8, 4) is 0 Å². The summed E-state index contributed by atoms with van der Waals surface area (Å²) in [6, 6.07) is 1.66. The minimum Gasteiger partial charge on any atom is -0.387 e. The molecule has 0 aliphatic carbocycles. The van der Waals surface area contributed by atoms with Crippen molar-refractivity contribution in [2.75, 3.05) is 18.9 Å². The molecule has 0 bridgehead atoms. The minimum absolute atomic E-state index is 0.202. The second-order valence-electron chi connectivity index (χ2n) is 4.89. The first-order chi connectivity index (χ1) is 9.55. The molecule has 0 spiro atoms. The highest BCUT2D eigenvalue weighted by Gasteiger charge is 2.19. The van der Waals surface area contributed by atoms with Gasteiger partial charge in [0.15, 0.2) is 0 Å². The lowest BCUT2D eigenvalue weighted by atomic mass is 10.00. The average molecular weight is 299 g/mol. The van der Waals surface area contributed by atoms with Crippen molar-refractivity contribution in [1.82, 2.24) is 9.71 Å². The van der Waals surface area contributed by atoms with Crippen LogP contribution in [0, 0.1) is 5.92 Å². The van der Waals surface area contributed by atoms with Crippen LogP contribution in [0.1, 0.15) is 39.5 Å². The number of anilines is 1. The third-order valence-electron chi connectivity index (χ3n) is 3.45. The lowest BCUT2D eigenvalue weighted by Gasteiger charge is -2.16. The van der Waals surface area contributed by atoms with Crippen LogP contribution >= 0.6 is 0 Å². The van der Waals surface area contributed by atoms with Crippen LogP contribution in [-0.4, -0.2) is 27.0 Å². The number of nitrogens with one attached hydrogen (secondary N) is 2. The van der Waals surface area contributed by atoms with Crippen molar-refractivity contribution < 1.29 is 8.42 Å². The molecule has 1 heterocycles. The number of nitrogens with zero attached hydrogens (tertiary/aromatic N) is 1. The molecule has 1 aromatic rings. The highest BCUT2D eigenvalue weighted by molar-refractivity contribution is 7.89. The molecular weight excluding hydrogens is 274 g/mol. The van der Waals surface area contributed by atoms with Crippen molar-refractivity contribution in [3.63, 3.8) is 0 Å². The Balaban J connectivity index is 2.74. The summed E-state index contributed by atoms with van der Waals surface area (Å²) in [6.07, 6.45) is 7.25. The Bertz CT molecular complexity index is 503. The van der Waals surface area contributed by atoms with Gasteiger partial charge in [-0.05, 0) is 18.4 Å². The number of sulfonamides is 1. The Morgan fingerprint density at radius 2 is 2.10 bits per heavy atom. The number of hydrogen-bond donors (Lipinski definition) is 2. The molecule has 2 N–H and O–H groups in total. The van der Waals surface area contributed by atoms with Crippen LogP contribution in [0.2, 0.25) is 0 Å². The first-order valence-electron chi connectivity index (χ1n) is 7.16. The number of rotatable bonds is 9. The Morgan fingerprint density at radius 1 is 1.35 bits per heavy atom. The lowest BCUT2D eigenvalue weighted by Crippen LogP contribution is -2.30. The average Bonchev–Trinajstić information content (AvgIpc) is 2.47. The van der Waals surface area contributed by atoms with Gasteiger partial charge in [-0.25, -0.2) is 13.1 Å². The largest absolute Gasteiger partial charge is 0.387 e. The van der Waals surface area contributed by atoms with Crippen molar-refractivity contribution in [2.24, 2.45) is 5.92 Å². The molecule has 0 radical (unpaired) electrons. The minimum atomic E-state index is -3.51. The van der Waals surface area contributed by atoms with E-state index in [2.05, 4.69) is 28.9 Å². The maximum absolute atomic E-state index is 12.3. The third kappa shape index (κ3) is 4.76. The molecule has 0 fully saturated rings. The van der Waals surface area contributed by atoms with Crippen molar-refractivity contribution in [3.05, 3.63) is 18.5 Å². The van der Waals surface area contributed by atoms with Gasteiger partial charge in [-0.1, -0.05) is 33.1 Å². The molecule has 0 saturated carbocycles. The van der Waals surface area contributed by atoms with E-state index in [0.29, 0.717) is 18.2 Å². The van der Waals surface area contributed by atoms with Crippen LogP contribution in [0.4, 0.5) is 5.69 Å². The molecule has 114 valence electrons. The van der Waals surface area contributed by atoms with Gasteiger partial charge < -0.3 is 5.32 Å². The van der Waals surface area contributed by atoms with E-state index >= 15 is 0 Å². The molecule has 1 unspecified atom stereocenters. The maximum Gasteiger partial charge on any atom is 0.244 e. The van der Waals surface area contributed by atoms with Crippen molar-refractivity contribution >= 4 is 15.7 Å². The first-order valence-corrected chi connectivity index (χ1v) is 8.64. The van der Waals surface area contributed by atoms with Crippen LogP contribution in [0.15, 0.2) is 23.4 Å². The van der Waals surface area contributed by atoms with E-state index in [1.807, 2.05) is 0 Å². The molecular formula is C14H25N3O2S. The van der Waals surface area contributed by atoms with Gasteiger partial charge in [0, 0.05) is 26.0 Å². The highest BCUT2D eigenvalue weighted by Crippen LogP contribution is 2.19. The van der Waals surface area contributed by atoms with Crippen LogP contribution < -0.4 is 10.0 Å². The molecule has 5 nitrogen and oxygen atoms in total. The molecule has 6 heteroatoms. The van der Waals surface area contributed by atoms with E-state index < -0.39 is 10.0 Å². The van der Waals surface area contributed by atoms with E-state index in [-0.39, 0.29) is 4.90 Å². The molecule has 0 aliphatic heterocycles. The Hall–Kier alpha value is -1.14. The summed E-state index contributed by atoms with van der Waals surface area (Å²) in [5, 5.41) is 2.88. The van der Waals surface area contributed by atoms with E-state index in [0.717, 1.165) is 25.7 Å². The SMILES string of the molecule is CCCCC(CC)CNS(=O)(=O)c1cnccc1NC. The number of pyridine rings is 1. The molecule has 0 amide bonds. The summed E-state index contributed by atoms with van der Waals surface area (Å²) in [5.41, 5.74) is 0.564. The van der Waals surface area contributed by atoms with Gasteiger partial charge in [0.1, 0.15) is 4.90 Å². The fourth-order valence-corrected chi connectivity index (χ4v) is 3.32. The van der Waals surface area contributed by atoms with Crippen LogP contribution in [-0.2, 0) is 10.0 Å². The smallest absolute Gasteiger partial charge is 0.244 e. The summed E-state index contributed by atoms with van der Waals surface area (Å²) in [5.74, 6) is 0.388. The Labute approximate surface area is 122 Å². The van der Waals surface area contributed by atoms with Crippen LogP contribution in [0.3, 0.4) is 0 Å². The second kappa shape index (κ2) is 8.21. The van der Waals surface area contributed by atoms with Crippen molar-refractivity contribution in [2.45, 2.75) is 44.4 Å². The third-order valence-corrected chi connectivity index (χ3v) is 4.90. The summed E-state index contributed by atoms with van der Waals surface area (Å²) < 4.78 is 27.3. The standard InChI is InChI=1S/C14H25N3O2S/c1-4-6-7-12(5-2)10-17-20(18,19)14-11-16-9-8-13(14)15-3/h8-9,11-12,17H,4-7,10H2,1-3H3,(H,15,16). The Morgan fingerprint density at radius 3 is 2.70 bits per heavy atom. The summed E-state index contributed by atoms with van der Waals surface area (Å²) in [6.45, 7) is 4.72. The second-order valence-corrected chi connectivity index (χ2v) is 6.63. The van der Waals surface area contributed by atoms with Gasteiger partial charge in [-0.3, -0.25) is 4.98 Å². The fourth-order valence-electron chi connectivity index (χ4n) is 2.05. The van der Waals surface area contributed by atoms with Gasteiger partial charge in [0.2, 0.25) is 10.0 Å². The lowest BCUT2D eigenvalue weighted by molar-refractivity contribution is 0.444. The summed E-state index contributed by atoms with van der Waals surface area (Å²) in [4.78, 5) is 4.10. The van der Waals surface area contributed by atoms with E-state index in [4.69, 9.17) is 0 Å². The Kier molecular flexibility index (Phi) is 6.95. The number of aromatic nitrogens is 1. The number of unbranched alkanes of at least 4 members (excludes halogenated alkanes) is 1. The predicted octanol–water partition coefficient (Wildman–Crippen LogP) is 2.62. The van der Waals surface area contributed by atoms with Gasteiger partial charge >= 0.3 is 0 Å². The topological polar surface area (TPSA) is 71.1 Å². The van der Waals surface area contributed by atoms with Gasteiger partial charge in [0.25, 0.3) is 0 Å². The van der Waals surface area contributed by atoms with Gasteiger partial charge in [-0.15, -0.1) is 0 Å².